The van der Waals surface area contributed by atoms with Gasteiger partial charge in [-0.2, -0.15) is 0 Å². The summed E-state index contributed by atoms with van der Waals surface area (Å²) in [7, 11) is 0. The second-order valence-corrected chi connectivity index (χ2v) is 5.87. The second-order valence-electron chi connectivity index (χ2n) is 5.01. The Bertz CT molecular complexity index is 606. The molecule has 0 bridgehead atoms. The Morgan fingerprint density at radius 1 is 1.32 bits per heavy atom. The van der Waals surface area contributed by atoms with Crippen molar-refractivity contribution in [2.45, 2.75) is 13.0 Å². The van der Waals surface area contributed by atoms with E-state index in [-0.39, 0.29) is 30.7 Å². The average molecular weight is 360 g/mol. The predicted molar refractivity (Wildman–Crippen MR) is 95.4 cm³/mol. The predicted octanol–water partition coefficient (Wildman–Crippen LogP) is 3.09. The molecule has 0 aliphatic carbocycles. The largest absolute Gasteiger partial charge is 0.334 e. The maximum Gasteiger partial charge on any atom is 0.273 e. The first-order valence-corrected chi connectivity index (χ1v) is 7.65. The van der Waals surface area contributed by atoms with Crippen LogP contribution in [0.15, 0.2) is 35.7 Å². The summed E-state index contributed by atoms with van der Waals surface area (Å²) >= 11 is 1.52. The lowest BCUT2D eigenvalue weighted by Gasteiger charge is -2.31. The Morgan fingerprint density at radius 3 is 2.73 bits per heavy atom. The monoisotopic (exact) mass is 359 g/mol. The standard InChI is InChI=1S/C15H17N3OS.2ClH/c1-11-9-18(8-7-16-11)15(19)13-10-20-14(17-13)12-5-3-2-4-6-12;;/h2-6,10-11,16H,7-9H2,1H3;2*1H. The normalized spacial score (nSPS) is 17.3. The molecule has 1 N–H and O–H groups in total. The van der Waals surface area contributed by atoms with Gasteiger partial charge in [-0.05, 0) is 6.92 Å². The van der Waals surface area contributed by atoms with Crippen LogP contribution in [0.2, 0.25) is 0 Å². The van der Waals surface area contributed by atoms with Gasteiger partial charge in [0.05, 0.1) is 0 Å². The fourth-order valence-electron chi connectivity index (χ4n) is 2.36. The van der Waals surface area contributed by atoms with E-state index in [1.807, 2.05) is 40.6 Å². The molecule has 22 heavy (non-hydrogen) atoms. The molecule has 2 aromatic rings. The Labute approximate surface area is 146 Å². The lowest BCUT2D eigenvalue weighted by molar-refractivity contribution is 0.0704. The first-order chi connectivity index (χ1) is 9.74. The quantitative estimate of drug-likeness (QED) is 0.895. The van der Waals surface area contributed by atoms with Gasteiger partial charge in [-0.15, -0.1) is 36.2 Å². The van der Waals surface area contributed by atoms with E-state index in [1.165, 1.54) is 11.3 Å². The zero-order valence-corrected chi connectivity index (χ0v) is 14.6. The summed E-state index contributed by atoms with van der Waals surface area (Å²) in [5, 5.41) is 6.10. The molecule has 1 atom stereocenters. The van der Waals surface area contributed by atoms with Crippen molar-refractivity contribution in [1.29, 1.82) is 0 Å². The van der Waals surface area contributed by atoms with E-state index in [9.17, 15) is 4.79 Å². The molecule has 0 saturated carbocycles. The molecule has 0 radical (unpaired) electrons. The number of hydrogen-bond donors (Lipinski definition) is 1. The minimum absolute atomic E-state index is 0. The lowest BCUT2D eigenvalue weighted by Crippen LogP contribution is -2.51. The molecule has 3 rings (SSSR count). The molecule has 1 aromatic carbocycles. The van der Waals surface area contributed by atoms with Crippen LogP contribution in [0.4, 0.5) is 0 Å². The van der Waals surface area contributed by atoms with E-state index in [0.717, 1.165) is 30.2 Å². The summed E-state index contributed by atoms with van der Waals surface area (Å²) < 4.78 is 0. The molecule has 1 saturated heterocycles. The van der Waals surface area contributed by atoms with Crippen LogP contribution in [0.25, 0.3) is 10.6 Å². The highest BCUT2D eigenvalue weighted by molar-refractivity contribution is 7.13. The molecule has 1 aliphatic rings. The molecule has 1 aromatic heterocycles. The van der Waals surface area contributed by atoms with Crippen LogP contribution in [0.1, 0.15) is 17.4 Å². The smallest absolute Gasteiger partial charge is 0.273 e. The number of piperazine rings is 1. The minimum Gasteiger partial charge on any atom is -0.334 e. The van der Waals surface area contributed by atoms with Gasteiger partial charge in [0.2, 0.25) is 0 Å². The molecular formula is C15H19Cl2N3OS. The van der Waals surface area contributed by atoms with Gasteiger partial charge in [-0.1, -0.05) is 30.3 Å². The number of nitrogens with one attached hydrogen (secondary N) is 1. The van der Waals surface area contributed by atoms with E-state index in [1.54, 1.807) is 0 Å². The van der Waals surface area contributed by atoms with E-state index < -0.39 is 0 Å². The molecule has 0 spiro atoms. The van der Waals surface area contributed by atoms with Gasteiger partial charge in [0.1, 0.15) is 10.7 Å². The maximum atomic E-state index is 12.4. The topological polar surface area (TPSA) is 45.2 Å². The average Bonchev–Trinajstić information content (AvgIpc) is 2.97. The van der Waals surface area contributed by atoms with Crippen molar-refractivity contribution in [2.24, 2.45) is 0 Å². The molecule has 1 unspecified atom stereocenters. The number of benzene rings is 1. The zero-order valence-electron chi connectivity index (χ0n) is 12.2. The third-order valence-electron chi connectivity index (χ3n) is 3.40. The number of carbonyl (C=O) groups excluding carboxylic acids is 1. The Kier molecular flexibility index (Phi) is 7.29. The van der Waals surface area contributed by atoms with Crippen molar-refractivity contribution < 1.29 is 4.79 Å². The number of thiazole rings is 1. The van der Waals surface area contributed by atoms with Gasteiger partial charge in [-0.25, -0.2) is 4.98 Å². The minimum atomic E-state index is 0. The van der Waals surface area contributed by atoms with Gasteiger partial charge >= 0.3 is 0 Å². The number of halogens is 2. The molecule has 1 amide bonds. The van der Waals surface area contributed by atoms with Crippen molar-refractivity contribution in [2.75, 3.05) is 19.6 Å². The van der Waals surface area contributed by atoms with Gasteiger partial charge in [0.25, 0.3) is 5.91 Å². The van der Waals surface area contributed by atoms with Crippen LogP contribution in [0, 0.1) is 0 Å². The molecule has 1 fully saturated rings. The molecule has 120 valence electrons. The SMILES string of the molecule is CC1CN(C(=O)c2csc(-c3ccccc3)n2)CCN1.Cl.Cl. The number of rotatable bonds is 2. The number of amides is 1. The lowest BCUT2D eigenvalue weighted by atomic mass is 10.2. The number of nitrogens with zero attached hydrogens (tertiary/aromatic N) is 2. The summed E-state index contributed by atoms with van der Waals surface area (Å²) in [4.78, 5) is 18.8. The van der Waals surface area contributed by atoms with E-state index >= 15 is 0 Å². The van der Waals surface area contributed by atoms with Crippen molar-refractivity contribution in [3.8, 4) is 10.6 Å². The van der Waals surface area contributed by atoms with E-state index in [4.69, 9.17) is 0 Å². The summed E-state index contributed by atoms with van der Waals surface area (Å²) in [5.74, 6) is 0.0387. The summed E-state index contributed by atoms with van der Waals surface area (Å²) in [6.07, 6.45) is 0. The van der Waals surface area contributed by atoms with Crippen molar-refractivity contribution in [1.82, 2.24) is 15.2 Å². The van der Waals surface area contributed by atoms with Crippen LogP contribution < -0.4 is 5.32 Å². The highest BCUT2D eigenvalue weighted by atomic mass is 35.5. The Morgan fingerprint density at radius 2 is 2.05 bits per heavy atom. The van der Waals surface area contributed by atoms with Gasteiger partial charge < -0.3 is 10.2 Å². The van der Waals surface area contributed by atoms with Gasteiger partial charge in [0.15, 0.2) is 0 Å². The van der Waals surface area contributed by atoms with Gasteiger partial charge in [0, 0.05) is 36.6 Å². The van der Waals surface area contributed by atoms with Crippen molar-refractivity contribution in [3.05, 3.63) is 41.4 Å². The van der Waals surface area contributed by atoms with Crippen LogP contribution in [0.5, 0.6) is 0 Å². The van der Waals surface area contributed by atoms with E-state index in [2.05, 4.69) is 17.2 Å². The zero-order chi connectivity index (χ0) is 13.9. The van der Waals surface area contributed by atoms with Crippen LogP contribution in [0.3, 0.4) is 0 Å². The van der Waals surface area contributed by atoms with Crippen LogP contribution in [-0.4, -0.2) is 41.5 Å². The Balaban J connectivity index is 0.00000121. The molecule has 2 heterocycles. The molecule has 1 aliphatic heterocycles. The third-order valence-corrected chi connectivity index (χ3v) is 4.29. The summed E-state index contributed by atoms with van der Waals surface area (Å²) in [5.41, 5.74) is 1.62. The van der Waals surface area contributed by atoms with Crippen LogP contribution in [-0.2, 0) is 0 Å². The highest BCUT2D eigenvalue weighted by Crippen LogP contribution is 2.24. The van der Waals surface area contributed by atoms with Crippen LogP contribution >= 0.6 is 36.2 Å². The van der Waals surface area contributed by atoms with Gasteiger partial charge in [-0.3, -0.25) is 4.79 Å². The molecular weight excluding hydrogens is 341 g/mol. The second kappa shape index (κ2) is 8.48. The molecule has 4 nitrogen and oxygen atoms in total. The number of hydrogen-bond acceptors (Lipinski definition) is 4. The number of aromatic nitrogens is 1. The highest BCUT2D eigenvalue weighted by Gasteiger charge is 2.23. The summed E-state index contributed by atoms with van der Waals surface area (Å²) in [6.45, 7) is 4.44. The first-order valence-electron chi connectivity index (χ1n) is 6.77. The van der Waals surface area contributed by atoms with E-state index in [0.29, 0.717) is 11.7 Å². The number of carbonyl (C=O) groups is 1. The molecule has 7 heteroatoms. The maximum absolute atomic E-state index is 12.4. The van der Waals surface area contributed by atoms with Crippen molar-refractivity contribution in [3.63, 3.8) is 0 Å². The van der Waals surface area contributed by atoms with Crippen molar-refractivity contribution >= 4 is 42.1 Å². The third kappa shape index (κ3) is 4.20. The fraction of sp³-hybridized carbons (Fsp3) is 0.333. The summed E-state index contributed by atoms with van der Waals surface area (Å²) in [6, 6.07) is 10.3. The Hall–Kier alpha value is -1.14. The first kappa shape index (κ1) is 18.9. The fourth-order valence-corrected chi connectivity index (χ4v) is 3.16.